The summed E-state index contributed by atoms with van der Waals surface area (Å²) in [5.41, 5.74) is 0.750. The van der Waals surface area contributed by atoms with Crippen molar-refractivity contribution in [1.82, 2.24) is 14.9 Å². The van der Waals surface area contributed by atoms with Crippen LogP contribution in [-0.2, 0) is 21.2 Å². The van der Waals surface area contributed by atoms with Crippen LogP contribution in [0.4, 0.5) is 0 Å². The van der Waals surface area contributed by atoms with Gasteiger partial charge in [-0.05, 0) is 54.8 Å². The van der Waals surface area contributed by atoms with E-state index in [1.54, 1.807) is 71.9 Å². The zero-order valence-electron chi connectivity index (χ0n) is 19.3. The summed E-state index contributed by atoms with van der Waals surface area (Å²) >= 11 is 6.22. The smallest absolute Gasteiger partial charge is 0.253 e. The molecule has 1 aliphatic rings. The van der Waals surface area contributed by atoms with Crippen LogP contribution in [0, 0.1) is 0 Å². The predicted molar refractivity (Wildman–Crippen MR) is 137 cm³/mol. The number of amides is 1. The van der Waals surface area contributed by atoms with E-state index in [4.69, 9.17) is 11.6 Å². The Morgan fingerprint density at radius 3 is 2.33 bits per heavy atom. The summed E-state index contributed by atoms with van der Waals surface area (Å²) in [5, 5.41) is 12.2. The van der Waals surface area contributed by atoms with Gasteiger partial charge in [0.15, 0.2) is 9.84 Å². The second kappa shape index (κ2) is 9.61. The Morgan fingerprint density at radius 2 is 1.61 bits per heavy atom. The number of carbonyl (C=O) groups excluding carboxylic acids is 1. The van der Waals surface area contributed by atoms with Gasteiger partial charge in [0.25, 0.3) is 5.91 Å². The van der Waals surface area contributed by atoms with Crippen LogP contribution in [-0.4, -0.2) is 47.4 Å². The van der Waals surface area contributed by atoms with Crippen molar-refractivity contribution in [2.45, 2.75) is 29.1 Å². The molecule has 1 aliphatic heterocycles. The summed E-state index contributed by atoms with van der Waals surface area (Å²) in [6.45, 7) is 0.707. The van der Waals surface area contributed by atoms with Crippen molar-refractivity contribution in [3.05, 3.63) is 101 Å². The van der Waals surface area contributed by atoms with Gasteiger partial charge in [-0.1, -0.05) is 41.9 Å². The van der Waals surface area contributed by atoms with Crippen LogP contribution in [0.15, 0.2) is 84.0 Å². The van der Waals surface area contributed by atoms with Crippen LogP contribution < -0.4 is 0 Å². The highest BCUT2D eigenvalue weighted by atomic mass is 35.5. The highest BCUT2D eigenvalue weighted by Gasteiger charge is 2.38. The lowest BCUT2D eigenvalue weighted by Gasteiger charge is -2.38. The number of fused-ring (bicyclic) bond motifs is 1. The summed E-state index contributed by atoms with van der Waals surface area (Å²) in [4.78, 5) is 23.4. The molecule has 1 saturated heterocycles. The Kier molecular flexibility index (Phi) is 6.51. The molecule has 9 heteroatoms. The van der Waals surface area contributed by atoms with Crippen molar-refractivity contribution in [3.63, 3.8) is 0 Å². The van der Waals surface area contributed by atoms with Gasteiger partial charge < -0.3 is 10.0 Å². The number of hydrogen-bond donors (Lipinski definition) is 1. The molecule has 3 heterocycles. The van der Waals surface area contributed by atoms with Gasteiger partial charge >= 0.3 is 0 Å². The van der Waals surface area contributed by atoms with E-state index >= 15 is 0 Å². The minimum absolute atomic E-state index is 0.170. The summed E-state index contributed by atoms with van der Waals surface area (Å²) in [6.07, 6.45) is 3.82. The first-order valence-electron chi connectivity index (χ1n) is 11.5. The average Bonchev–Trinajstić information content (AvgIpc) is 2.89. The Balaban J connectivity index is 1.27. The minimum atomic E-state index is -3.64. The highest BCUT2D eigenvalue weighted by Crippen LogP contribution is 2.35. The van der Waals surface area contributed by atoms with Gasteiger partial charge in [0.05, 0.1) is 26.9 Å². The van der Waals surface area contributed by atoms with Gasteiger partial charge in [0.2, 0.25) is 0 Å². The molecule has 2 aromatic carbocycles. The minimum Gasteiger partial charge on any atom is -0.383 e. The first-order valence-corrected chi connectivity index (χ1v) is 13.6. The number of benzene rings is 2. The van der Waals surface area contributed by atoms with Crippen LogP contribution in [0.3, 0.4) is 0 Å². The molecule has 2 aromatic heterocycles. The van der Waals surface area contributed by atoms with E-state index in [2.05, 4.69) is 9.97 Å². The van der Waals surface area contributed by atoms with Crippen molar-refractivity contribution in [1.29, 1.82) is 0 Å². The van der Waals surface area contributed by atoms with Gasteiger partial charge in [0, 0.05) is 36.4 Å². The summed E-state index contributed by atoms with van der Waals surface area (Å²) in [6, 6.07) is 18.7. The number of rotatable bonds is 5. The summed E-state index contributed by atoms with van der Waals surface area (Å²) in [7, 11) is -3.64. The van der Waals surface area contributed by atoms with Crippen LogP contribution in [0.1, 0.15) is 34.5 Å². The number of carbonyl (C=O) groups is 1. The molecule has 0 saturated carbocycles. The van der Waals surface area contributed by atoms with E-state index < -0.39 is 15.4 Å². The first-order chi connectivity index (χ1) is 17.3. The standard InChI is InChI=1S/C27H24ClN3O4S/c28-22-6-3-15-30-25(22)27(33)12-16-31(17-13-27)26(32)21-10-8-19(9-11-21)18-36(34,35)23-7-1-4-20-5-2-14-29-24(20)23/h1-11,14-15,33H,12-13,16-18H2. The summed E-state index contributed by atoms with van der Waals surface area (Å²) in [5.74, 6) is -0.365. The van der Waals surface area contributed by atoms with Crippen LogP contribution in [0.5, 0.6) is 0 Å². The van der Waals surface area contributed by atoms with Crippen LogP contribution in [0.25, 0.3) is 10.9 Å². The third-order valence-electron chi connectivity index (χ3n) is 6.57. The molecular weight excluding hydrogens is 498 g/mol. The fourth-order valence-electron chi connectivity index (χ4n) is 4.60. The molecule has 1 amide bonds. The maximum absolute atomic E-state index is 13.1. The van der Waals surface area contributed by atoms with Gasteiger partial charge in [-0.15, -0.1) is 0 Å². The molecule has 0 spiro atoms. The van der Waals surface area contributed by atoms with E-state index in [0.717, 1.165) is 5.39 Å². The lowest BCUT2D eigenvalue weighted by molar-refractivity contribution is -0.0243. The largest absolute Gasteiger partial charge is 0.383 e. The number of para-hydroxylation sites is 1. The maximum Gasteiger partial charge on any atom is 0.253 e. The number of sulfone groups is 1. The highest BCUT2D eigenvalue weighted by molar-refractivity contribution is 7.90. The second-order valence-electron chi connectivity index (χ2n) is 8.94. The zero-order chi connectivity index (χ0) is 25.3. The Morgan fingerprint density at radius 1 is 0.944 bits per heavy atom. The van der Waals surface area contributed by atoms with E-state index in [1.165, 1.54) is 0 Å². The van der Waals surface area contributed by atoms with Gasteiger partial charge in [-0.3, -0.25) is 14.8 Å². The van der Waals surface area contributed by atoms with E-state index in [-0.39, 0.29) is 16.6 Å². The Labute approximate surface area is 214 Å². The van der Waals surface area contributed by atoms with Crippen LogP contribution >= 0.6 is 11.6 Å². The van der Waals surface area contributed by atoms with Gasteiger partial charge in [0.1, 0.15) is 5.60 Å². The van der Waals surface area contributed by atoms with Crippen molar-refractivity contribution in [2.75, 3.05) is 13.1 Å². The lowest BCUT2D eigenvalue weighted by Crippen LogP contribution is -2.45. The molecule has 1 fully saturated rings. The lowest BCUT2D eigenvalue weighted by atomic mass is 9.87. The summed E-state index contributed by atoms with van der Waals surface area (Å²) < 4.78 is 26.3. The second-order valence-corrected chi connectivity index (χ2v) is 11.3. The molecule has 36 heavy (non-hydrogen) atoms. The molecule has 0 radical (unpaired) electrons. The quantitative estimate of drug-likeness (QED) is 0.418. The van der Waals surface area contributed by atoms with E-state index in [1.807, 2.05) is 12.1 Å². The Bertz CT molecular complexity index is 1530. The number of aliphatic hydroxyl groups is 1. The number of halogens is 1. The predicted octanol–water partition coefficient (Wildman–Crippen LogP) is 4.38. The monoisotopic (exact) mass is 521 g/mol. The number of hydrogen-bond acceptors (Lipinski definition) is 6. The fourth-order valence-corrected chi connectivity index (χ4v) is 6.43. The van der Waals surface area contributed by atoms with Crippen molar-refractivity contribution < 1.29 is 18.3 Å². The molecule has 0 atom stereocenters. The molecule has 0 bridgehead atoms. The molecule has 5 rings (SSSR count). The molecular formula is C27H24ClN3O4S. The number of aromatic nitrogens is 2. The van der Waals surface area contributed by atoms with Crippen molar-refractivity contribution in [3.8, 4) is 0 Å². The van der Waals surface area contributed by atoms with Gasteiger partial charge in [-0.25, -0.2) is 8.42 Å². The van der Waals surface area contributed by atoms with Crippen LogP contribution in [0.2, 0.25) is 5.02 Å². The molecule has 1 N–H and O–H groups in total. The number of nitrogens with zero attached hydrogens (tertiary/aromatic N) is 3. The first kappa shape index (κ1) is 24.4. The number of likely N-dealkylation sites (tertiary alicyclic amines) is 1. The molecule has 7 nitrogen and oxygen atoms in total. The molecule has 4 aromatic rings. The van der Waals surface area contributed by atoms with E-state index in [0.29, 0.717) is 53.3 Å². The van der Waals surface area contributed by atoms with Crippen molar-refractivity contribution in [2.24, 2.45) is 0 Å². The fraction of sp³-hybridized carbons (Fsp3) is 0.222. The average molecular weight is 522 g/mol. The third-order valence-corrected chi connectivity index (χ3v) is 8.58. The molecule has 184 valence electrons. The maximum atomic E-state index is 13.1. The zero-order valence-corrected chi connectivity index (χ0v) is 20.9. The van der Waals surface area contributed by atoms with E-state index in [9.17, 15) is 18.3 Å². The SMILES string of the molecule is O=C(c1ccc(CS(=O)(=O)c2cccc3cccnc23)cc1)N1CCC(O)(c2ncccc2Cl)CC1. The normalized spacial score (nSPS) is 15.7. The number of pyridine rings is 2. The molecule has 0 unspecified atom stereocenters. The number of piperidine rings is 1. The van der Waals surface area contributed by atoms with Crippen molar-refractivity contribution >= 4 is 38.2 Å². The Hall–Kier alpha value is -3.33. The molecule has 0 aliphatic carbocycles. The topological polar surface area (TPSA) is 100 Å². The van der Waals surface area contributed by atoms with Gasteiger partial charge in [-0.2, -0.15) is 0 Å². The third kappa shape index (κ3) is 4.72.